The summed E-state index contributed by atoms with van der Waals surface area (Å²) in [5, 5.41) is 2.84. The maximum Gasteiger partial charge on any atom is 0.245 e. The zero-order valence-electron chi connectivity index (χ0n) is 13.2. The third-order valence-electron chi connectivity index (χ3n) is 2.97. The second-order valence-corrected chi connectivity index (χ2v) is 10.3. The Kier molecular flexibility index (Phi) is 4.84. The van der Waals surface area contributed by atoms with Crippen LogP contribution in [0.15, 0.2) is 29.6 Å². The normalized spacial score (nSPS) is 12.6. The fourth-order valence-corrected chi connectivity index (χ4v) is 5.90. The van der Waals surface area contributed by atoms with E-state index in [1.807, 2.05) is 19.2 Å². The van der Waals surface area contributed by atoms with Crippen LogP contribution in [0, 0.1) is 0 Å². The summed E-state index contributed by atoms with van der Waals surface area (Å²) in [6.07, 6.45) is 1.72. The van der Waals surface area contributed by atoms with Crippen molar-refractivity contribution in [2.75, 3.05) is 16.2 Å². The van der Waals surface area contributed by atoms with E-state index in [0.29, 0.717) is 20.9 Å². The van der Waals surface area contributed by atoms with Crippen molar-refractivity contribution in [3.63, 3.8) is 0 Å². The highest BCUT2D eigenvalue weighted by molar-refractivity contribution is 8.09. The minimum absolute atomic E-state index is 0.0756. The zero-order chi connectivity index (χ0) is 17.4. The lowest BCUT2D eigenvalue weighted by Gasteiger charge is -2.20. The van der Waals surface area contributed by atoms with Crippen LogP contribution in [0.5, 0.6) is 0 Å². The number of hydrogen-bond donors (Lipinski definition) is 0. The highest BCUT2D eigenvalue weighted by Gasteiger charge is 2.27. The van der Waals surface area contributed by atoms with Crippen molar-refractivity contribution in [3.8, 4) is 11.3 Å². The number of anilines is 1. The van der Waals surface area contributed by atoms with Gasteiger partial charge in [-0.15, -0.1) is 11.3 Å². The summed E-state index contributed by atoms with van der Waals surface area (Å²) in [7, 11) is -7.91. The first-order valence-corrected chi connectivity index (χ1v) is 11.3. The van der Waals surface area contributed by atoms with Crippen LogP contribution < -0.4 is 3.71 Å². The van der Waals surface area contributed by atoms with Crippen molar-refractivity contribution in [2.45, 2.75) is 19.8 Å². The van der Waals surface area contributed by atoms with E-state index in [0.717, 1.165) is 17.5 Å². The molecule has 0 saturated carbocycles. The van der Waals surface area contributed by atoms with Crippen molar-refractivity contribution in [3.05, 3.63) is 34.7 Å². The number of hydrogen-bond acceptors (Lipinski definition) is 6. The molecule has 23 heavy (non-hydrogen) atoms. The monoisotopic (exact) mass is 374 g/mol. The molecule has 126 valence electrons. The third-order valence-corrected chi connectivity index (χ3v) is 7.37. The molecule has 9 heteroatoms. The smallest absolute Gasteiger partial charge is 0.241 e. The second-order valence-electron chi connectivity index (χ2n) is 5.50. The summed E-state index contributed by atoms with van der Waals surface area (Å²) in [5.41, 5.74) is 1.44. The number of sulfonamides is 2. The molecule has 0 fully saturated rings. The largest absolute Gasteiger partial charge is 0.245 e. The van der Waals surface area contributed by atoms with Crippen LogP contribution >= 0.6 is 11.3 Å². The van der Waals surface area contributed by atoms with Gasteiger partial charge in [0.25, 0.3) is 0 Å². The molecule has 0 atom stereocenters. The molecule has 0 amide bonds. The van der Waals surface area contributed by atoms with E-state index in [2.05, 4.69) is 4.98 Å². The quantitative estimate of drug-likeness (QED) is 0.803. The van der Waals surface area contributed by atoms with Gasteiger partial charge in [0.05, 0.1) is 28.9 Å². The molecule has 0 aliphatic rings. The van der Waals surface area contributed by atoms with E-state index in [-0.39, 0.29) is 5.69 Å². The summed E-state index contributed by atoms with van der Waals surface area (Å²) in [6, 6.07) is 6.34. The van der Waals surface area contributed by atoms with Crippen LogP contribution in [0.4, 0.5) is 5.69 Å². The molecule has 0 spiro atoms. The van der Waals surface area contributed by atoms with Gasteiger partial charge in [-0.3, -0.25) is 0 Å². The van der Waals surface area contributed by atoms with Gasteiger partial charge in [-0.05, 0) is 12.1 Å². The van der Waals surface area contributed by atoms with Gasteiger partial charge in [0.15, 0.2) is 0 Å². The Morgan fingerprint density at radius 1 is 1.09 bits per heavy atom. The summed E-state index contributed by atoms with van der Waals surface area (Å²) >= 11 is 1.52. The Morgan fingerprint density at radius 3 is 2.17 bits per heavy atom. The third kappa shape index (κ3) is 4.10. The Balaban J connectivity index is 2.54. The molecule has 0 bridgehead atoms. The fourth-order valence-electron chi connectivity index (χ4n) is 2.09. The fraction of sp³-hybridized carbons (Fsp3) is 0.357. The topological polar surface area (TPSA) is 84.4 Å². The lowest BCUT2D eigenvalue weighted by Crippen LogP contribution is -2.35. The Bertz CT molecular complexity index is 883. The van der Waals surface area contributed by atoms with Crippen molar-refractivity contribution in [1.82, 2.24) is 4.98 Å². The van der Waals surface area contributed by atoms with Gasteiger partial charge in [-0.25, -0.2) is 21.8 Å². The summed E-state index contributed by atoms with van der Waals surface area (Å²) in [5.74, 6) is 0.292. The number of benzene rings is 1. The predicted molar refractivity (Wildman–Crippen MR) is 93.8 cm³/mol. The standard InChI is InChI=1S/C14H18N2O4S3/c1-10(2)14-15-13(9-21-14)11-6-5-7-12(8-11)16(22(3,17)18)23(4,19)20/h5-10H,1-4H3. The molecule has 1 aromatic heterocycles. The SMILES string of the molecule is CC(C)c1nc(-c2cccc(N(S(C)(=O)=O)S(C)(=O)=O)c2)cs1. The van der Waals surface area contributed by atoms with Gasteiger partial charge in [-0.1, -0.05) is 26.0 Å². The predicted octanol–water partition coefficient (Wildman–Crippen LogP) is 2.66. The molecule has 6 nitrogen and oxygen atoms in total. The Labute approximate surface area is 140 Å². The van der Waals surface area contributed by atoms with Crippen molar-refractivity contribution in [1.29, 1.82) is 0 Å². The van der Waals surface area contributed by atoms with E-state index in [1.165, 1.54) is 23.5 Å². The Hall–Kier alpha value is -1.45. The molecule has 0 radical (unpaired) electrons. The van der Waals surface area contributed by atoms with E-state index < -0.39 is 20.0 Å². The molecule has 2 rings (SSSR count). The molecular formula is C14H18N2O4S3. The van der Waals surface area contributed by atoms with Crippen LogP contribution in [0.1, 0.15) is 24.8 Å². The average Bonchev–Trinajstić information content (AvgIpc) is 2.85. The van der Waals surface area contributed by atoms with Gasteiger partial charge in [-0.2, -0.15) is 3.71 Å². The average molecular weight is 375 g/mol. The van der Waals surface area contributed by atoms with Crippen LogP contribution in [0.25, 0.3) is 11.3 Å². The maximum atomic E-state index is 11.9. The zero-order valence-corrected chi connectivity index (χ0v) is 15.7. The Morgan fingerprint density at radius 2 is 1.70 bits per heavy atom. The molecule has 0 N–H and O–H groups in total. The minimum Gasteiger partial charge on any atom is -0.241 e. The number of aromatic nitrogens is 1. The van der Waals surface area contributed by atoms with Crippen molar-refractivity contribution < 1.29 is 16.8 Å². The summed E-state index contributed by atoms with van der Waals surface area (Å²) < 4.78 is 47.8. The van der Waals surface area contributed by atoms with Crippen LogP contribution in [-0.4, -0.2) is 34.3 Å². The maximum absolute atomic E-state index is 11.9. The number of nitrogens with zero attached hydrogens (tertiary/aromatic N) is 2. The molecule has 1 heterocycles. The molecule has 0 aliphatic carbocycles. The first kappa shape index (κ1) is 17.9. The first-order chi connectivity index (χ1) is 10.5. The minimum atomic E-state index is -3.96. The van der Waals surface area contributed by atoms with Gasteiger partial charge < -0.3 is 0 Å². The molecule has 2 aromatic rings. The van der Waals surface area contributed by atoms with E-state index in [9.17, 15) is 16.8 Å². The summed E-state index contributed by atoms with van der Waals surface area (Å²) in [4.78, 5) is 4.51. The van der Waals surface area contributed by atoms with Crippen LogP contribution in [-0.2, 0) is 20.0 Å². The van der Waals surface area contributed by atoms with Gasteiger partial charge in [0.2, 0.25) is 20.0 Å². The molecule has 0 unspecified atom stereocenters. The van der Waals surface area contributed by atoms with Crippen molar-refractivity contribution in [2.24, 2.45) is 0 Å². The second kappa shape index (κ2) is 6.21. The van der Waals surface area contributed by atoms with Gasteiger partial charge in [0, 0.05) is 16.9 Å². The van der Waals surface area contributed by atoms with Crippen molar-refractivity contribution >= 4 is 37.1 Å². The van der Waals surface area contributed by atoms with Gasteiger partial charge >= 0.3 is 0 Å². The molecule has 1 aromatic carbocycles. The molecular weight excluding hydrogens is 356 g/mol. The van der Waals surface area contributed by atoms with E-state index in [1.54, 1.807) is 12.1 Å². The van der Waals surface area contributed by atoms with E-state index >= 15 is 0 Å². The first-order valence-electron chi connectivity index (χ1n) is 6.76. The lowest BCUT2D eigenvalue weighted by atomic mass is 10.1. The van der Waals surface area contributed by atoms with Crippen LogP contribution in [0.2, 0.25) is 0 Å². The highest BCUT2D eigenvalue weighted by atomic mass is 32.3. The number of thiazole rings is 1. The summed E-state index contributed by atoms with van der Waals surface area (Å²) in [6.45, 7) is 4.07. The van der Waals surface area contributed by atoms with E-state index in [4.69, 9.17) is 0 Å². The number of rotatable bonds is 5. The highest BCUT2D eigenvalue weighted by Crippen LogP contribution is 2.30. The van der Waals surface area contributed by atoms with Gasteiger partial charge in [0.1, 0.15) is 0 Å². The van der Waals surface area contributed by atoms with Crippen LogP contribution in [0.3, 0.4) is 0 Å². The molecule has 0 saturated heterocycles. The lowest BCUT2D eigenvalue weighted by molar-refractivity contribution is 0.591. The molecule has 0 aliphatic heterocycles.